The van der Waals surface area contributed by atoms with Crippen molar-refractivity contribution in [2.45, 2.75) is 18.9 Å². The van der Waals surface area contributed by atoms with Crippen LogP contribution in [0.15, 0.2) is 18.2 Å². The van der Waals surface area contributed by atoms with E-state index in [1.807, 2.05) is 0 Å². The van der Waals surface area contributed by atoms with E-state index in [0.717, 1.165) is 12.1 Å². The van der Waals surface area contributed by atoms with Crippen LogP contribution >= 0.6 is 0 Å². The molecule has 7 nitrogen and oxygen atoms in total. The number of aliphatic hydroxyl groups is 1. The third-order valence-electron chi connectivity index (χ3n) is 2.39. The molecule has 1 aromatic rings. The minimum atomic E-state index is -1.60. The summed E-state index contributed by atoms with van der Waals surface area (Å²) in [6, 6.07) is 3.43. The number of hydrogen-bond acceptors (Lipinski definition) is 5. The van der Waals surface area contributed by atoms with Crippen molar-refractivity contribution in [3.63, 3.8) is 0 Å². The molecule has 1 amide bonds. The Hall–Kier alpha value is -2.28. The second kappa shape index (κ2) is 5.57. The molecule has 0 aliphatic heterocycles. The number of aliphatic carboxylic acids is 1. The molecule has 0 radical (unpaired) electrons. The lowest BCUT2D eigenvalue weighted by Crippen LogP contribution is -2.42. The van der Waals surface area contributed by atoms with Gasteiger partial charge in [-0.25, -0.2) is 0 Å². The van der Waals surface area contributed by atoms with Gasteiger partial charge in [-0.2, -0.15) is 0 Å². The van der Waals surface area contributed by atoms with Crippen molar-refractivity contribution in [1.82, 2.24) is 5.32 Å². The molecule has 1 atom stereocenters. The van der Waals surface area contributed by atoms with Crippen LogP contribution in [0.2, 0.25) is 0 Å². The maximum Gasteiger partial charge on any atom is 0.306 e. The summed E-state index contributed by atoms with van der Waals surface area (Å²) in [6.07, 6.45) is -0.528. The van der Waals surface area contributed by atoms with E-state index in [1.54, 1.807) is 0 Å². The lowest BCUT2D eigenvalue weighted by molar-refractivity contribution is -0.141. The quantitative estimate of drug-likeness (QED) is 0.481. The van der Waals surface area contributed by atoms with Crippen LogP contribution in [0.25, 0.3) is 0 Å². The van der Waals surface area contributed by atoms with E-state index in [1.165, 1.54) is 13.0 Å². The number of phenols is 2. The van der Waals surface area contributed by atoms with Gasteiger partial charge in [0.05, 0.1) is 17.6 Å². The minimum Gasteiger partial charge on any atom is -0.508 e. The lowest BCUT2D eigenvalue weighted by atomic mass is 10.0. The summed E-state index contributed by atoms with van der Waals surface area (Å²) in [4.78, 5) is 22.2. The largest absolute Gasteiger partial charge is 0.508 e. The first-order chi connectivity index (χ1) is 8.71. The SMILES string of the molecule is CC(O)(CNC(=O)c1cc(O)ccc1O)CC(=O)O. The van der Waals surface area contributed by atoms with Crippen molar-refractivity contribution in [3.05, 3.63) is 23.8 Å². The lowest BCUT2D eigenvalue weighted by Gasteiger charge is -2.21. The number of carbonyl (C=O) groups is 2. The number of amides is 1. The molecule has 0 bridgehead atoms. The predicted octanol–water partition coefficient (Wildman–Crippen LogP) is 0.0533. The number of phenolic OH excluding ortho intramolecular Hbond substituents is 2. The van der Waals surface area contributed by atoms with Gasteiger partial charge in [0.1, 0.15) is 11.5 Å². The zero-order valence-electron chi connectivity index (χ0n) is 10.3. The first kappa shape index (κ1) is 14.8. The molecule has 1 aromatic carbocycles. The highest BCUT2D eigenvalue weighted by Crippen LogP contribution is 2.22. The van der Waals surface area contributed by atoms with Crippen molar-refractivity contribution in [2.24, 2.45) is 0 Å². The van der Waals surface area contributed by atoms with Gasteiger partial charge in [-0.3, -0.25) is 9.59 Å². The summed E-state index contributed by atoms with van der Waals surface area (Å²) in [5.41, 5.74) is -1.76. The molecular weight excluding hydrogens is 254 g/mol. The molecule has 0 heterocycles. The number of aromatic hydroxyl groups is 2. The predicted molar refractivity (Wildman–Crippen MR) is 65.0 cm³/mol. The Bertz CT molecular complexity index is 497. The van der Waals surface area contributed by atoms with E-state index in [0.29, 0.717) is 0 Å². The van der Waals surface area contributed by atoms with Crippen molar-refractivity contribution < 1.29 is 30.0 Å². The Labute approximate surface area is 109 Å². The van der Waals surface area contributed by atoms with Crippen LogP contribution in [0.5, 0.6) is 11.5 Å². The summed E-state index contributed by atoms with van der Waals surface area (Å²) < 4.78 is 0. The molecule has 0 fully saturated rings. The molecule has 1 rings (SSSR count). The summed E-state index contributed by atoms with van der Waals surface area (Å²) >= 11 is 0. The highest BCUT2D eigenvalue weighted by Gasteiger charge is 2.25. The maximum absolute atomic E-state index is 11.7. The van der Waals surface area contributed by atoms with Gasteiger partial charge in [0.2, 0.25) is 0 Å². The number of nitrogens with one attached hydrogen (secondary N) is 1. The number of rotatable bonds is 5. The van der Waals surface area contributed by atoms with Crippen LogP contribution in [-0.4, -0.2) is 44.4 Å². The normalized spacial score (nSPS) is 13.6. The smallest absolute Gasteiger partial charge is 0.306 e. The van der Waals surface area contributed by atoms with E-state index in [4.69, 9.17) is 5.11 Å². The number of benzene rings is 1. The molecule has 0 aliphatic rings. The monoisotopic (exact) mass is 269 g/mol. The number of carbonyl (C=O) groups excluding carboxylic acids is 1. The van der Waals surface area contributed by atoms with Crippen LogP contribution in [0.4, 0.5) is 0 Å². The first-order valence-corrected chi connectivity index (χ1v) is 5.45. The van der Waals surface area contributed by atoms with Gasteiger partial charge in [0.15, 0.2) is 0 Å². The molecule has 1 unspecified atom stereocenters. The molecule has 0 saturated heterocycles. The second-order valence-corrected chi connectivity index (χ2v) is 4.45. The van der Waals surface area contributed by atoms with Crippen molar-refractivity contribution in [3.8, 4) is 11.5 Å². The van der Waals surface area contributed by atoms with E-state index in [2.05, 4.69) is 5.32 Å². The highest BCUT2D eigenvalue weighted by atomic mass is 16.4. The Morgan fingerprint density at radius 1 is 1.32 bits per heavy atom. The van der Waals surface area contributed by atoms with Gasteiger partial charge >= 0.3 is 5.97 Å². The van der Waals surface area contributed by atoms with Crippen LogP contribution in [0, 0.1) is 0 Å². The molecule has 104 valence electrons. The fourth-order valence-corrected chi connectivity index (χ4v) is 1.46. The summed E-state index contributed by atoms with van der Waals surface area (Å²) in [7, 11) is 0. The van der Waals surface area contributed by atoms with E-state index in [-0.39, 0.29) is 23.6 Å². The first-order valence-electron chi connectivity index (χ1n) is 5.45. The third-order valence-corrected chi connectivity index (χ3v) is 2.39. The van der Waals surface area contributed by atoms with Crippen LogP contribution in [-0.2, 0) is 4.79 Å². The molecule has 5 N–H and O–H groups in total. The summed E-state index contributed by atoms with van der Waals surface area (Å²) in [6.45, 7) is 0.969. The number of carboxylic acid groups (broad SMARTS) is 1. The van der Waals surface area contributed by atoms with Crippen LogP contribution < -0.4 is 5.32 Å². The molecule has 19 heavy (non-hydrogen) atoms. The summed E-state index contributed by atoms with van der Waals surface area (Å²) in [5, 5.41) is 39.2. The van der Waals surface area contributed by atoms with Crippen molar-refractivity contribution in [2.75, 3.05) is 6.54 Å². The maximum atomic E-state index is 11.7. The fourth-order valence-electron chi connectivity index (χ4n) is 1.46. The average Bonchev–Trinajstić information content (AvgIpc) is 2.27. The van der Waals surface area contributed by atoms with Crippen molar-refractivity contribution in [1.29, 1.82) is 0 Å². The van der Waals surface area contributed by atoms with Crippen LogP contribution in [0.3, 0.4) is 0 Å². The molecule has 0 spiro atoms. The van der Waals surface area contributed by atoms with Gasteiger partial charge < -0.3 is 25.7 Å². The van der Waals surface area contributed by atoms with Gasteiger partial charge in [0.25, 0.3) is 5.91 Å². The molecular formula is C12H15NO6. The zero-order valence-corrected chi connectivity index (χ0v) is 10.3. The fraction of sp³-hybridized carbons (Fsp3) is 0.333. The molecule has 7 heteroatoms. The van der Waals surface area contributed by atoms with Gasteiger partial charge in [-0.1, -0.05) is 0 Å². The Balaban J connectivity index is 2.70. The highest BCUT2D eigenvalue weighted by molar-refractivity contribution is 5.97. The second-order valence-electron chi connectivity index (χ2n) is 4.45. The zero-order chi connectivity index (χ0) is 14.6. The summed E-state index contributed by atoms with van der Waals surface area (Å²) in [5.74, 6) is -2.44. The third kappa shape index (κ3) is 4.47. The van der Waals surface area contributed by atoms with Gasteiger partial charge in [0, 0.05) is 6.54 Å². The number of carboxylic acids is 1. The Kier molecular flexibility index (Phi) is 4.34. The van der Waals surface area contributed by atoms with E-state index >= 15 is 0 Å². The molecule has 0 aromatic heterocycles. The topological polar surface area (TPSA) is 127 Å². The van der Waals surface area contributed by atoms with Gasteiger partial charge in [-0.05, 0) is 25.1 Å². The van der Waals surface area contributed by atoms with E-state index in [9.17, 15) is 24.9 Å². The Morgan fingerprint density at radius 3 is 2.53 bits per heavy atom. The Morgan fingerprint density at radius 2 is 1.95 bits per heavy atom. The minimum absolute atomic E-state index is 0.161. The van der Waals surface area contributed by atoms with Crippen LogP contribution in [0.1, 0.15) is 23.7 Å². The standard InChI is InChI=1S/C12H15NO6/c1-12(19,5-10(16)17)6-13-11(18)8-4-7(14)2-3-9(8)15/h2-4,14-15,19H,5-6H2,1H3,(H,13,18)(H,16,17). The number of hydrogen-bond donors (Lipinski definition) is 5. The van der Waals surface area contributed by atoms with E-state index < -0.39 is 23.9 Å². The van der Waals surface area contributed by atoms with Gasteiger partial charge in [-0.15, -0.1) is 0 Å². The van der Waals surface area contributed by atoms with Crippen molar-refractivity contribution >= 4 is 11.9 Å². The molecule has 0 aliphatic carbocycles. The molecule has 0 saturated carbocycles. The average molecular weight is 269 g/mol.